The summed E-state index contributed by atoms with van der Waals surface area (Å²) < 4.78 is 42.1. The maximum absolute atomic E-state index is 12.6. The molecule has 53 heavy (non-hydrogen) atoms. The second kappa shape index (κ2) is 15.9. The Morgan fingerprint density at radius 2 is 1.57 bits per heavy atom. The van der Waals surface area contributed by atoms with Gasteiger partial charge in [-0.15, -0.1) is 0 Å². The van der Waals surface area contributed by atoms with Crippen molar-refractivity contribution in [2.75, 3.05) is 39.3 Å². The number of pyridine rings is 1. The number of hydrogen-bond donors (Lipinski definition) is 0. The molecule has 0 fully saturated rings. The predicted molar refractivity (Wildman–Crippen MR) is 207 cm³/mol. The largest absolute Gasteiger partial charge is 0.469 e. The van der Waals surface area contributed by atoms with Crippen molar-refractivity contribution >= 4 is 44.7 Å². The molecule has 0 radical (unpaired) electrons. The maximum atomic E-state index is 12.6. The fourth-order valence-electron chi connectivity index (χ4n) is 7.07. The Hall–Kier alpha value is -5.13. The lowest BCUT2D eigenvalue weighted by Crippen LogP contribution is -2.28. The van der Waals surface area contributed by atoms with E-state index in [1.54, 1.807) is 24.5 Å². The molecule has 0 saturated heterocycles. The van der Waals surface area contributed by atoms with E-state index in [0.29, 0.717) is 13.1 Å². The number of carbonyl (C=O) groups excluding carboxylic acids is 2. The molecule has 0 bridgehead atoms. The number of fused-ring (bicyclic) bond motifs is 2. The van der Waals surface area contributed by atoms with Gasteiger partial charge in [-0.1, -0.05) is 49.8 Å². The molecular formula is C42H48N3O7S+. The normalized spacial score (nSPS) is 17.2. The van der Waals surface area contributed by atoms with Crippen molar-refractivity contribution in [3.05, 3.63) is 125 Å². The monoisotopic (exact) mass is 738 g/mol. The van der Waals surface area contributed by atoms with Crippen LogP contribution in [0.4, 0.5) is 11.4 Å². The highest BCUT2D eigenvalue weighted by molar-refractivity contribution is 7.86. The number of allylic oxidation sites excluding steroid dienone is 8. The van der Waals surface area contributed by atoms with Crippen molar-refractivity contribution in [2.24, 2.45) is 0 Å². The number of rotatable bonds is 13. The number of aromatic nitrogens is 1. The summed E-state index contributed by atoms with van der Waals surface area (Å²) in [5.74, 6) is -0.603. The van der Waals surface area contributed by atoms with Crippen molar-refractivity contribution < 1.29 is 36.2 Å². The molecule has 0 atom stereocenters. The van der Waals surface area contributed by atoms with Crippen molar-refractivity contribution in [3.8, 4) is 0 Å². The van der Waals surface area contributed by atoms with Crippen molar-refractivity contribution in [3.63, 3.8) is 0 Å². The number of anilines is 1. The minimum absolute atomic E-state index is 0.0663. The Labute approximate surface area is 312 Å². The van der Waals surface area contributed by atoms with Gasteiger partial charge in [-0.05, 0) is 79.9 Å². The van der Waals surface area contributed by atoms with Crippen molar-refractivity contribution in [1.29, 1.82) is 0 Å². The molecule has 0 unspecified atom stereocenters. The Bertz CT molecular complexity index is 2160. The van der Waals surface area contributed by atoms with Gasteiger partial charge < -0.3 is 14.4 Å². The molecule has 10 nitrogen and oxygen atoms in total. The molecule has 0 aliphatic carbocycles. The number of ether oxygens (including phenoxy) is 2. The summed E-state index contributed by atoms with van der Waals surface area (Å²) in [6, 6.07) is 15.2. The van der Waals surface area contributed by atoms with Crippen molar-refractivity contribution in [2.45, 2.75) is 63.2 Å². The van der Waals surface area contributed by atoms with Gasteiger partial charge in [-0.2, -0.15) is 13.0 Å². The van der Waals surface area contributed by atoms with Gasteiger partial charge in [0.05, 0.1) is 38.1 Å². The first-order chi connectivity index (χ1) is 25.1. The summed E-state index contributed by atoms with van der Waals surface area (Å²) in [6.45, 7) is 11.4. The molecule has 278 valence electrons. The smallest absolute Gasteiger partial charge is 0.311 e. The highest BCUT2D eigenvalue weighted by Crippen LogP contribution is 2.48. The van der Waals surface area contributed by atoms with Gasteiger partial charge in [0.2, 0.25) is 5.69 Å². The van der Waals surface area contributed by atoms with Crippen molar-refractivity contribution in [1.82, 2.24) is 4.98 Å². The van der Waals surface area contributed by atoms with E-state index in [2.05, 4.69) is 54.6 Å². The summed E-state index contributed by atoms with van der Waals surface area (Å²) in [5.41, 5.74) is 8.00. The van der Waals surface area contributed by atoms with Crippen LogP contribution in [0.3, 0.4) is 0 Å². The van der Waals surface area contributed by atoms with Crippen LogP contribution in [0.25, 0.3) is 5.57 Å². The molecule has 3 aromatic rings. The summed E-state index contributed by atoms with van der Waals surface area (Å²) in [6.07, 6.45) is 16.1. The van der Waals surface area contributed by atoms with Gasteiger partial charge in [-0.25, -0.2) is 0 Å². The number of aryl methyl sites for hydroxylation is 1. The molecule has 3 heterocycles. The Balaban J connectivity index is 1.55. The minimum atomic E-state index is -3.92. The van der Waals surface area contributed by atoms with Crippen LogP contribution >= 0.6 is 0 Å². The molecule has 2 aromatic carbocycles. The summed E-state index contributed by atoms with van der Waals surface area (Å²) >= 11 is 0. The second-order valence-electron chi connectivity index (χ2n) is 14.0. The predicted octanol–water partition coefficient (Wildman–Crippen LogP) is 7.11. The molecule has 2 aliphatic heterocycles. The van der Waals surface area contributed by atoms with E-state index in [-0.39, 0.29) is 35.1 Å². The zero-order valence-electron chi connectivity index (χ0n) is 31.7. The highest BCUT2D eigenvalue weighted by Gasteiger charge is 2.44. The van der Waals surface area contributed by atoms with E-state index in [1.165, 1.54) is 31.4 Å². The lowest BCUT2D eigenvalue weighted by molar-refractivity contribution is -0.436. The molecule has 11 heteroatoms. The topological polar surface area (TPSA) is 115 Å². The number of hydrogen-bond acceptors (Lipinski definition) is 9. The SMILES string of the molecule is COC(=O)CCN1/C(=C/C=C/C(=C/C=C/C2=[N+](CCC(=O)OC)c3ccc(C)cc3C2(C)C)c2ccncc2)C(C)(C)c2cc(S(=O)(=O)OC)ccc21. The van der Waals surface area contributed by atoms with Gasteiger partial charge in [0, 0.05) is 53.4 Å². The van der Waals surface area contributed by atoms with Gasteiger partial charge in [-0.3, -0.25) is 18.8 Å². The number of methoxy groups -OCH3 is 2. The Morgan fingerprint density at radius 1 is 0.868 bits per heavy atom. The average molecular weight is 739 g/mol. The molecule has 0 spiro atoms. The number of nitrogens with zero attached hydrogens (tertiary/aromatic N) is 3. The third-order valence-electron chi connectivity index (χ3n) is 10.0. The molecule has 0 N–H and O–H groups in total. The lowest BCUT2D eigenvalue weighted by Gasteiger charge is -2.26. The quantitative estimate of drug-likeness (QED) is 0.0784. The molecule has 1 aromatic heterocycles. The second-order valence-corrected chi connectivity index (χ2v) is 15.8. The molecule has 5 rings (SSSR count). The van der Waals surface area contributed by atoms with Gasteiger partial charge in [0.25, 0.3) is 10.1 Å². The zero-order valence-corrected chi connectivity index (χ0v) is 32.5. The number of carbonyl (C=O) groups is 2. The van der Waals surface area contributed by atoms with E-state index >= 15 is 0 Å². The lowest BCUT2D eigenvalue weighted by atomic mass is 9.81. The minimum Gasteiger partial charge on any atom is -0.469 e. The first-order valence-electron chi connectivity index (χ1n) is 17.5. The van der Waals surface area contributed by atoms with E-state index < -0.39 is 15.5 Å². The van der Waals surface area contributed by atoms with Crippen LogP contribution < -0.4 is 4.90 Å². The van der Waals surface area contributed by atoms with Gasteiger partial charge in [0.15, 0.2) is 12.3 Å². The Kier molecular flexibility index (Phi) is 11.7. The van der Waals surface area contributed by atoms with Crippen LogP contribution in [0.15, 0.2) is 108 Å². The fraction of sp³-hybridized carbons (Fsp3) is 0.333. The number of esters is 2. The standard InChI is InChI=1S/C42H48N3O7S/c1-29-15-17-35-33(27-29)41(2,3)37(44(35)25-21-39(46)50-6)13-9-11-30(31-19-23-43-24-20-31)12-10-14-38-42(4,5)34-28-32(53(48,49)52-8)16-18-36(34)45(38)26-22-40(47)51-7/h9-20,23-24,27-28H,21-22,25-26H2,1-8H3/q+1. The van der Waals surface area contributed by atoms with E-state index in [1.807, 2.05) is 61.3 Å². The highest BCUT2D eigenvalue weighted by atomic mass is 32.2. The van der Waals surface area contributed by atoms with Gasteiger partial charge >= 0.3 is 11.9 Å². The molecule has 0 amide bonds. The van der Waals surface area contributed by atoms with Crippen LogP contribution in [0.5, 0.6) is 0 Å². The van der Waals surface area contributed by atoms with Gasteiger partial charge in [0.1, 0.15) is 6.42 Å². The molecule has 2 aliphatic rings. The van der Waals surface area contributed by atoms with Crippen LogP contribution in [0.2, 0.25) is 0 Å². The van der Waals surface area contributed by atoms with E-state index in [9.17, 15) is 18.0 Å². The van der Waals surface area contributed by atoms with Crippen LogP contribution in [-0.2, 0) is 44.2 Å². The third-order valence-corrected chi connectivity index (χ3v) is 11.3. The fourth-order valence-corrected chi connectivity index (χ4v) is 7.76. The maximum Gasteiger partial charge on any atom is 0.311 e. The van der Waals surface area contributed by atoms with Crippen LogP contribution in [0.1, 0.15) is 62.8 Å². The van der Waals surface area contributed by atoms with Crippen LogP contribution in [0, 0.1) is 6.92 Å². The molecule has 0 saturated carbocycles. The van der Waals surface area contributed by atoms with Crippen LogP contribution in [-0.4, -0.2) is 70.0 Å². The average Bonchev–Trinajstić information content (AvgIpc) is 3.49. The summed E-state index contributed by atoms with van der Waals surface area (Å²) in [4.78, 5) is 30.7. The number of benzene rings is 2. The third kappa shape index (κ3) is 8.11. The molecular weight excluding hydrogens is 691 g/mol. The first-order valence-corrected chi connectivity index (χ1v) is 18.9. The first kappa shape index (κ1) is 39.1. The summed E-state index contributed by atoms with van der Waals surface area (Å²) in [7, 11) is -0.00558. The zero-order chi connectivity index (χ0) is 38.6. The summed E-state index contributed by atoms with van der Waals surface area (Å²) in [5, 5.41) is 0. The Morgan fingerprint density at radius 3 is 2.25 bits per heavy atom. The van der Waals surface area contributed by atoms with E-state index in [4.69, 9.17) is 13.7 Å². The van der Waals surface area contributed by atoms with E-state index in [0.717, 1.165) is 46.6 Å².